The van der Waals surface area contributed by atoms with Gasteiger partial charge in [-0.25, -0.2) is 17.5 Å². The Morgan fingerprint density at radius 2 is 2.05 bits per heavy atom. The summed E-state index contributed by atoms with van der Waals surface area (Å²) in [7, 11) is -3.76. The summed E-state index contributed by atoms with van der Waals surface area (Å²) in [6.07, 6.45) is 2.03. The van der Waals surface area contributed by atoms with Crippen LogP contribution >= 0.6 is 0 Å². The maximum Gasteiger partial charge on any atom is 0.241 e. The van der Waals surface area contributed by atoms with Gasteiger partial charge in [-0.05, 0) is 50.3 Å². The molecule has 4 nitrogen and oxygen atoms in total. The molecule has 0 aromatic heterocycles. The van der Waals surface area contributed by atoms with Crippen LogP contribution in [-0.4, -0.2) is 14.0 Å². The second kappa shape index (κ2) is 4.85. The van der Waals surface area contributed by atoms with E-state index in [1.165, 1.54) is 12.1 Å². The van der Waals surface area contributed by atoms with Gasteiger partial charge in [0.05, 0.1) is 4.90 Å². The molecule has 1 fully saturated rings. The SMILES string of the molecule is CC(C)(NS(=O)(=O)c1cc(F)ccc1CN)C1CC1. The molecule has 106 valence electrons. The van der Waals surface area contributed by atoms with Crippen LogP contribution in [0.1, 0.15) is 32.3 Å². The summed E-state index contributed by atoms with van der Waals surface area (Å²) in [4.78, 5) is -0.0660. The molecule has 0 saturated heterocycles. The first kappa shape index (κ1) is 14.4. The smallest absolute Gasteiger partial charge is 0.241 e. The van der Waals surface area contributed by atoms with E-state index in [4.69, 9.17) is 5.73 Å². The summed E-state index contributed by atoms with van der Waals surface area (Å²) in [6, 6.07) is 3.65. The lowest BCUT2D eigenvalue weighted by molar-refractivity contribution is 0.400. The number of nitrogens with two attached hydrogens (primary N) is 1. The maximum atomic E-state index is 13.3. The van der Waals surface area contributed by atoms with E-state index in [1.54, 1.807) is 0 Å². The molecule has 0 aliphatic heterocycles. The van der Waals surface area contributed by atoms with E-state index in [0.717, 1.165) is 18.9 Å². The van der Waals surface area contributed by atoms with E-state index in [-0.39, 0.29) is 11.4 Å². The van der Waals surface area contributed by atoms with Crippen molar-refractivity contribution in [2.75, 3.05) is 0 Å². The Morgan fingerprint density at radius 3 is 2.58 bits per heavy atom. The van der Waals surface area contributed by atoms with E-state index >= 15 is 0 Å². The van der Waals surface area contributed by atoms with Crippen molar-refractivity contribution in [1.82, 2.24) is 4.72 Å². The van der Waals surface area contributed by atoms with E-state index in [0.29, 0.717) is 11.5 Å². The zero-order chi connectivity index (χ0) is 14.3. The summed E-state index contributed by atoms with van der Waals surface area (Å²) in [6.45, 7) is 3.76. The zero-order valence-corrected chi connectivity index (χ0v) is 11.9. The van der Waals surface area contributed by atoms with Gasteiger partial charge in [-0.2, -0.15) is 0 Å². The van der Waals surface area contributed by atoms with Gasteiger partial charge in [0.15, 0.2) is 0 Å². The van der Waals surface area contributed by atoms with Gasteiger partial charge in [0.1, 0.15) is 5.82 Å². The maximum absolute atomic E-state index is 13.3. The molecule has 0 spiro atoms. The summed E-state index contributed by atoms with van der Waals surface area (Å²) in [5.41, 5.74) is 5.42. The third kappa shape index (κ3) is 3.13. The van der Waals surface area contributed by atoms with Crippen LogP contribution in [0.25, 0.3) is 0 Å². The third-order valence-corrected chi connectivity index (χ3v) is 5.29. The number of rotatable bonds is 5. The molecule has 19 heavy (non-hydrogen) atoms. The van der Waals surface area contributed by atoms with Crippen molar-refractivity contribution in [3.63, 3.8) is 0 Å². The quantitative estimate of drug-likeness (QED) is 0.866. The topological polar surface area (TPSA) is 72.2 Å². The van der Waals surface area contributed by atoms with Gasteiger partial charge in [0, 0.05) is 12.1 Å². The second-order valence-electron chi connectivity index (χ2n) is 5.56. The summed E-state index contributed by atoms with van der Waals surface area (Å²) >= 11 is 0. The molecule has 1 aliphatic rings. The van der Waals surface area contributed by atoms with Gasteiger partial charge < -0.3 is 5.73 Å². The third-order valence-electron chi connectivity index (χ3n) is 3.53. The average molecular weight is 286 g/mol. The van der Waals surface area contributed by atoms with Crippen molar-refractivity contribution >= 4 is 10.0 Å². The lowest BCUT2D eigenvalue weighted by Crippen LogP contribution is -2.45. The number of hydrogen-bond acceptors (Lipinski definition) is 3. The van der Waals surface area contributed by atoms with Crippen LogP contribution in [0, 0.1) is 11.7 Å². The lowest BCUT2D eigenvalue weighted by Gasteiger charge is -2.26. The predicted octanol–water partition coefficient (Wildman–Crippen LogP) is 1.75. The first-order chi connectivity index (χ1) is 8.76. The van der Waals surface area contributed by atoms with Crippen molar-refractivity contribution < 1.29 is 12.8 Å². The van der Waals surface area contributed by atoms with Gasteiger partial charge in [-0.1, -0.05) is 6.07 Å². The standard InChI is InChI=1S/C13H19FN2O2S/c1-13(2,10-4-5-10)16-19(17,18)12-7-11(14)6-3-9(12)8-15/h3,6-7,10,16H,4-5,8,15H2,1-2H3. The van der Waals surface area contributed by atoms with Crippen LogP contribution in [-0.2, 0) is 16.6 Å². The minimum Gasteiger partial charge on any atom is -0.326 e. The largest absolute Gasteiger partial charge is 0.326 e. The molecule has 0 amide bonds. The highest BCUT2D eigenvalue weighted by Crippen LogP contribution is 2.40. The van der Waals surface area contributed by atoms with Gasteiger partial charge >= 0.3 is 0 Å². The number of benzene rings is 1. The van der Waals surface area contributed by atoms with E-state index < -0.39 is 21.4 Å². The summed E-state index contributed by atoms with van der Waals surface area (Å²) in [5, 5.41) is 0. The van der Waals surface area contributed by atoms with E-state index in [1.807, 2.05) is 13.8 Å². The minimum atomic E-state index is -3.76. The highest BCUT2D eigenvalue weighted by molar-refractivity contribution is 7.89. The van der Waals surface area contributed by atoms with Crippen molar-refractivity contribution in [3.05, 3.63) is 29.6 Å². The molecular formula is C13H19FN2O2S. The molecule has 0 heterocycles. The van der Waals surface area contributed by atoms with Crippen LogP contribution in [0.2, 0.25) is 0 Å². The fourth-order valence-corrected chi connectivity index (χ4v) is 3.97. The van der Waals surface area contributed by atoms with Crippen molar-refractivity contribution in [2.45, 2.75) is 43.7 Å². The molecule has 1 aliphatic carbocycles. The first-order valence-electron chi connectivity index (χ1n) is 6.29. The Bertz CT molecular complexity index is 580. The van der Waals surface area contributed by atoms with Gasteiger partial charge in [0.2, 0.25) is 10.0 Å². The first-order valence-corrected chi connectivity index (χ1v) is 7.77. The number of nitrogens with one attached hydrogen (secondary N) is 1. The summed E-state index contributed by atoms with van der Waals surface area (Å²) in [5.74, 6) is -0.237. The van der Waals surface area contributed by atoms with Crippen LogP contribution in [0.15, 0.2) is 23.1 Å². The van der Waals surface area contributed by atoms with Gasteiger partial charge in [-0.3, -0.25) is 0 Å². The summed E-state index contributed by atoms with van der Waals surface area (Å²) < 4.78 is 40.7. The second-order valence-corrected chi connectivity index (χ2v) is 7.21. The highest BCUT2D eigenvalue weighted by Gasteiger charge is 2.41. The Morgan fingerprint density at radius 1 is 1.42 bits per heavy atom. The predicted molar refractivity (Wildman–Crippen MR) is 71.4 cm³/mol. The van der Waals surface area contributed by atoms with Crippen molar-refractivity contribution in [1.29, 1.82) is 0 Å². The minimum absolute atomic E-state index is 0.0559. The fraction of sp³-hybridized carbons (Fsp3) is 0.538. The van der Waals surface area contributed by atoms with Gasteiger partial charge in [-0.15, -0.1) is 0 Å². The van der Waals surface area contributed by atoms with Crippen molar-refractivity contribution in [3.8, 4) is 0 Å². The van der Waals surface area contributed by atoms with E-state index in [9.17, 15) is 12.8 Å². The molecule has 3 N–H and O–H groups in total. The van der Waals surface area contributed by atoms with Gasteiger partial charge in [0.25, 0.3) is 0 Å². The molecule has 6 heteroatoms. The highest BCUT2D eigenvalue weighted by atomic mass is 32.2. The zero-order valence-electron chi connectivity index (χ0n) is 11.1. The normalized spacial score (nSPS) is 16.6. The Kier molecular flexibility index (Phi) is 3.68. The molecule has 0 atom stereocenters. The number of hydrogen-bond donors (Lipinski definition) is 2. The van der Waals surface area contributed by atoms with Crippen LogP contribution in [0.4, 0.5) is 4.39 Å². The molecule has 0 unspecified atom stereocenters. The van der Waals surface area contributed by atoms with Crippen LogP contribution in [0.5, 0.6) is 0 Å². The van der Waals surface area contributed by atoms with Crippen molar-refractivity contribution in [2.24, 2.45) is 11.7 Å². The molecule has 1 aromatic rings. The molecule has 1 aromatic carbocycles. The Labute approximate surface area is 113 Å². The number of halogens is 1. The lowest BCUT2D eigenvalue weighted by atomic mass is 10.0. The molecule has 0 radical (unpaired) electrons. The monoisotopic (exact) mass is 286 g/mol. The Balaban J connectivity index is 2.36. The van der Waals surface area contributed by atoms with Crippen LogP contribution in [0.3, 0.4) is 0 Å². The number of sulfonamides is 1. The molecule has 2 rings (SSSR count). The molecule has 1 saturated carbocycles. The Hall–Kier alpha value is -0.980. The molecule has 0 bridgehead atoms. The van der Waals surface area contributed by atoms with E-state index in [2.05, 4.69) is 4.72 Å². The fourth-order valence-electron chi connectivity index (χ4n) is 2.24. The van der Waals surface area contributed by atoms with Crippen LogP contribution < -0.4 is 10.5 Å². The average Bonchev–Trinajstić information content (AvgIpc) is 3.11. The molecular weight excluding hydrogens is 267 g/mol.